The molecule has 4 aliphatic carbocycles. The molecule has 122 valence electrons. The monoisotopic (exact) mass is 333 g/mol. The fraction of sp³-hybridized carbons (Fsp3) is 0.611. The molecule has 0 amide bonds. The van der Waals surface area contributed by atoms with Crippen molar-refractivity contribution < 1.29 is 9.72 Å². The van der Waals surface area contributed by atoms with Crippen molar-refractivity contribution in [2.75, 3.05) is 0 Å². The van der Waals surface area contributed by atoms with Gasteiger partial charge in [-0.3, -0.25) is 14.9 Å². The van der Waals surface area contributed by atoms with Crippen LogP contribution in [-0.2, 0) is 11.2 Å². The van der Waals surface area contributed by atoms with Crippen molar-refractivity contribution in [1.82, 2.24) is 0 Å². The Kier molecular flexibility index (Phi) is 3.49. The summed E-state index contributed by atoms with van der Waals surface area (Å²) in [5, 5.41) is 11.0. The van der Waals surface area contributed by atoms with Gasteiger partial charge in [0.15, 0.2) is 0 Å². The molecule has 0 aliphatic heterocycles. The Morgan fingerprint density at radius 3 is 2.22 bits per heavy atom. The number of Topliss-reactive ketones (excluding diaryl/α,β-unsaturated/α-hetero) is 1. The smallest absolute Gasteiger partial charge is 0.287 e. The van der Waals surface area contributed by atoms with Crippen LogP contribution in [0.25, 0.3) is 0 Å². The van der Waals surface area contributed by atoms with Crippen LogP contribution >= 0.6 is 11.6 Å². The Balaban J connectivity index is 1.54. The highest BCUT2D eigenvalue weighted by atomic mass is 35.5. The molecule has 0 radical (unpaired) electrons. The molecule has 5 rings (SSSR count). The van der Waals surface area contributed by atoms with Crippen molar-refractivity contribution in [2.45, 2.75) is 44.9 Å². The van der Waals surface area contributed by atoms with Crippen LogP contribution in [0.1, 0.15) is 44.1 Å². The maximum atomic E-state index is 13.0. The van der Waals surface area contributed by atoms with Gasteiger partial charge in [0.1, 0.15) is 10.8 Å². The van der Waals surface area contributed by atoms with E-state index in [1.807, 2.05) is 0 Å². The average Bonchev–Trinajstić information content (AvgIpc) is 2.45. The third-order valence-corrected chi connectivity index (χ3v) is 6.51. The van der Waals surface area contributed by atoms with Gasteiger partial charge < -0.3 is 0 Å². The predicted molar refractivity (Wildman–Crippen MR) is 87.4 cm³/mol. The molecule has 5 heteroatoms. The zero-order valence-corrected chi connectivity index (χ0v) is 13.7. The van der Waals surface area contributed by atoms with E-state index in [4.69, 9.17) is 11.6 Å². The molecule has 1 aromatic rings. The van der Waals surface area contributed by atoms with Crippen molar-refractivity contribution in [2.24, 2.45) is 23.2 Å². The molecule has 0 heterocycles. The number of carbonyl (C=O) groups is 1. The van der Waals surface area contributed by atoms with Crippen molar-refractivity contribution in [1.29, 1.82) is 0 Å². The van der Waals surface area contributed by atoms with Crippen LogP contribution in [0, 0.1) is 33.3 Å². The number of halogens is 1. The van der Waals surface area contributed by atoms with Crippen LogP contribution in [0.5, 0.6) is 0 Å². The standard InChI is InChI=1S/C18H20ClNO3/c19-15-6-11(1-2-16(15)20(22)23)7-17(21)18-8-12-3-13(9-18)5-14(4-12)10-18/h1-2,6,12-14H,3-5,7-10H2. The minimum atomic E-state index is -0.493. The minimum Gasteiger partial charge on any atom is -0.299 e. The third-order valence-electron chi connectivity index (χ3n) is 6.20. The number of ketones is 1. The zero-order valence-electron chi connectivity index (χ0n) is 13.0. The fourth-order valence-electron chi connectivity index (χ4n) is 5.63. The van der Waals surface area contributed by atoms with Crippen LogP contribution in [0.3, 0.4) is 0 Å². The number of nitrogens with zero attached hydrogens (tertiary/aromatic N) is 1. The summed E-state index contributed by atoms with van der Waals surface area (Å²) in [7, 11) is 0. The number of carbonyl (C=O) groups excluding carboxylic acids is 1. The molecule has 4 aliphatic rings. The average molecular weight is 334 g/mol. The van der Waals surface area contributed by atoms with Gasteiger partial charge in [0, 0.05) is 17.9 Å². The number of hydrogen-bond acceptors (Lipinski definition) is 3. The SMILES string of the molecule is O=C(Cc1ccc([N+](=O)[O-])c(Cl)c1)C12CC3CC(CC(C3)C1)C2. The van der Waals surface area contributed by atoms with Crippen molar-refractivity contribution in [3.8, 4) is 0 Å². The summed E-state index contributed by atoms with van der Waals surface area (Å²) in [5.74, 6) is 2.54. The molecule has 0 aromatic heterocycles. The Hall–Kier alpha value is -1.42. The summed E-state index contributed by atoms with van der Waals surface area (Å²) >= 11 is 5.97. The minimum absolute atomic E-state index is 0.0994. The van der Waals surface area contributed by atoms with E-state index < -0.39 is 4.92 Å². The molecule has 4 saturated carbocycles. The third kappa shape index (κ3) is 2.57. The lowest BCUT2D eigenvalue weighted by molar-refractivity contribution is -0.384. The van der Waals surface area contributed by atoms with E-state index >= 15 is 0 Å². The lowest BCUT2D eigenvalue weighted by Crippen LogP contribution is -2.50. The normalized spacial score (nSPS) is 34.6. The quantitative estimate of drug-likeness (QED) is 0.598. The topological polar surface area (TPSA) is 60.2 Å². The van der Waals surface area contributed by atoms with Gasteiger partial charge >= 0.3 is 0 Å². The Labute approximate surface area is 140 Å². The Morgan fingerprint density at radius 2 is 1.74 bits per heavy atom. The van der Waals surface area contributed by atoms with Crippen molar-refractivity contribution >= 4 is 23.1 Å². The van der Waals surface area contributed by atoms with Gasteiger partial charge in [0.05, 0.1) is 4.92 Å². The maximum absolute atomic E-state index is 13.0. The molecule has 4 nitrogen and oxygen atoms in total. The molecule has 0 unspecified atom stereocenters. The second-order valence-electron chi connectivity index (χ2n) is 7.84. The van der Waals surface area contributed by atoms with Crippen LogP contribution < -0.4 is 0 Å². The van der Waals surface area contributed by atoms with E-state index in [1.54, 1.807) is 12.1 Å². The van der Waals surface area contributed by atoms with E-state index in [1.165, 1.54) is 25.3 Å². The van der Waals surface area contributed by atoms with E-state index in [9.17, 15) is 14.9 Å². The molecule has 4 bridgehead atoms. The number of nitro groups is 1. The van der Waals surface area contributed by atoms with Gasteiger partial charge in [-0.05, 0) is 67.9 Å². The summed E-state index contributed by atoms with van der Waals surface area (Å²) in [4.78, 5) is 23.4. The largest absolute Gasteiger partial charge is 0.299 e. The van der Waals surface area contributed by atoms with Gasteiger partial charge in [-0.15, -0.1) is 0 Å². The summed E-state index contributed by atoms with van der Waals surface area (Å²) < 4.78 is 0. The molecule has 0 saturated heterocycles. The second-order valence-corrected chi connectivity index (χ2v) is 8.25. The maximum Gasteiger partial charge on any atom is 0.287 e. The van der Waals surface area contributed by atoms with Crippen LogP contribution in [0.2, 0.25) is 5.02 Å². The summed E-state index contributed by atoms with van der Waals surface area (Å²) in [6.45, 7) is 0. The number of rotatable bonds is 4. The summed E-state index contributed by atoms with van der Waals surface area (Å²) in [5.41, 5.74) is 0.572. The lowest BCUT2D eigenvalue weighted by atomic mass is 9.48. The first-order chi connectivity index (χ1) is 10.9. The first-order valence-electron chi connectivity index (χ1n) is 8.41. The first-order valence-corrected chi connectivity index (χ1v) is 8.79. The van der Waals surface area contributed by atoms with Gasteiger partial charge in [0.25, 0.3) is 5.69 Å². The molecular formula is C18H20ClNO3. The Bertz CT molecular complexity index is 650. The van der Waals surface area contributed by atoms with Gasteiger partial charge in [-0.2, -0.15) is 0 Å². The molecule has 0 spiro atoms. The van der Waals surface area contributed by atoms with Crippen LogP contribution in [-0.4, -0.2) is 10.7 Å². The highest BCUT2D eigenvalue weighted by Gasteiger charge is 2.53. The number of hydrogen-bond donors (Lipinski definition) is 0. The summed E-state index contributed by atoms with van der Waals surface area (Å²) in [6.07, 6.45) is 7.46. The van der Waals surface area contributed by atoms with Crippen LogP contribution in [0.4, 0.5) is 5.69 Å². The first kappa shape index (κ1) is 15.1. The van der Waals surface area contributed by atoms with Gasteiger partial charge in [-0.25, -0.2) is 0 Å². The molecule has 23 heavy (non-hydrogen) atoms. The van der Waals surface area contributed by atoms with Crippen LogP contribution in [0.15, 0.2) is 18.2 Å². The molecular weight excluding hydrogens is 314 g/mol. The van der Waals surface area contributed by atoms with Crippen molar-refractivity contribution in [3.05, 3.63) is 38.9 Å². The molecule has 4 fully saturated rings. The van der Waals surface area contributed by atoms with E-state index in [0.717, 1.165) is 42.6 Å². The number of nitro benzene ring substituents is 1. The number of benzene rings is 1. The van der Waals surface area contributed by atoms with E-state index in [-0.39, 0.29) is 16.1 Å². The molecule has 0 N–H and O–H groups in total. The van der Waals surface area contributed by atoms with E-state index in [0.29, 0.717) is 12.2 Å². The predicted octanol–water partition coefficient (Wildman–Crippen LogP) is 4.58. The highest BCUT2D eigenvalue weighted by Crippen LogP contribution is 2.60. The molecule has 1 aromatic carbocycles. The van der Waals surface area contributed by atoms with Crippen molar-refractivity contribution in [3.63, 3.8) is 0 Å². The second kappa shape index (κ2) is 5.30. The lowest BCUT2D eigenvalue weighted by Gasteiger charge is -2.56. The zero-order chi connectivity index (χ0) is 16.2. The van der Waals surface area contributed by atoms with Gasteiger partial charge in [0.2, 0.25) is 0 Å². The molecule has 0 atom stereocenters. The highest BCUT2D eigenvalue weighted by molar-refractivity contribution is 6.32. The fourth-order valence-corrected chi connectivity index (χ4v) is 5.91. The Morgan fingerprint density at radius 1 is 1.17 bits per heavy atom. The summed E-state index contributed by atoms with van der Waals surface area (Å²) in [6, 6.07) is 4.66. The van der Waals surface area contributed by atoms with E-state index in [2.05, 4.69) is 0 Å². The van der Waals surface area contributed by atoms with Gasteiger partial charge in [-0.1, -0.05) is 17.7 Å².